The molecule has 0 aliphatic carbocycles. The van der Waals surface area contributed by atoms with Crippen molar-refractivity contribution in [2.75, 3.05) is 26.1 Å². The second-order valence-electron chi connectivity index (χ2n) is 17.2. The van der Waals surface area contributed by atoms with Crippen LogP contribution in [-0.4, -0.2) is 94.8 Å². The van der Waals surface area contributed by atoms with E-state index >= 15 is 0 Å². The van der Waals surface area contributed by atoms with Crippen LogP contribution in [0.25, 0.3) is 22.3 Å². The number of aromatic nitrogens is 4. The molecule has 0 saturated carbocycles. The van der Waals surface area contributed by atoms with Gasteiger partial charge in [0.05, 0.1) is 53.0 Å². The van der Waals surface area contributed by atoms with Crippen molar-refractivity contribution in [2.24, 2.45) is 29.2 Å². The lowest BCUT2D eigenvalue weighted by Crippen LogP contribution is -2.52. The minimum absolute atomic E-state index is 0.00882. The Kier molecular flexibility index (Phi) is 14.5. The lowest BCUT2D eigenvalue weighted by Gasteiger charge is -2.31. The topological polar surface area (TPSA) is 316 Å². The largest absolute Gasteiger partial charge is 0.458 e. The third kappa shape index (κ3) is 10.00. The van der Waals surface area contributed by atoms with Gasteiger partial charge in [-0.3, -0.25) is 24.0 Å². The van der Waals surface area contributed by atoms with E-state index in [1.807, 2.05) is 0 Å². The van der Waals surface area contributed by atoms with Crippen LogP contribution in [0.15, 0.2) is 40.5 Å². The number of nitrogens with zero attached hydrogens (tertiary/aromatic N) is 4. The number of pyridine rings is 2. The van der Waals surface area contributed by atoms with Crippen LogP contribution in [0.2, 0.25) is 0 Å². The minimum atomic E-state index is -3.59. The average Bonchev–Trinajstić information content (AvgIpc) is 3.92. The number of benzene rings is 1. The predicted octanol–water partition coefficient (Wildman–Crippen LogP) is 0.554. The molecule has 0 saturated heterocycles. The van der Waals surface area contributed by atoms with Gasteiger partial charge in [0.15, 0.2) is 17.1 Å². The first kappa shape index (κ1) is 49.0. The van der Waals surface area contributed by atoms with E-state index in [-0.39, 0.29) is 68.5 Å². The summed E-state index contributed by atoms with van der Waals surface area (Å²) in [6.07, 6.45) is 4.93. The number of rotatable bonds is 18. The summed E-state index contributed by atoms with van der Waals surface area (Å²) in [4.78, 5) is 93.3. The van der Waals surface area contributed by atoms with Gasteiger partial charge >= 0.3 is 5.97 Å². The molecular formula is C46H53N9O12S. The number of amides is 4. The van der Waals surface area contributed by atoms with Gasteiger partial charge in [0, 0.05) is 54.2 Å². The Morgan fingerprint density at radius 1 is 0.985 bits per heavy atom. The Hall–Kier alpha value is -6.96. The van der Waals surface area contributed by atoms with Crippen LogP contribution < -0.4 is 42.5 Å². The van der Waals surface area contributed by atoms with E-state index in [1.54, 1.807) is 39.0 Å². The van der Waals surface area contributed by atoms with Crippen LogP contribution in [0.3, 0.4) is 0 Å². The van der Waals surface area contributed by atoms with Gasteiger partial charge in [0.1, 0.15) is 12.6 Å². The summed E-state index contributed by atoms with van der Waals surface area (Å²) in [5.74, 6) is 0.912. The van der Waals surface area contributed by atoms with E-state index in [0.717, 1.165) is 6.26 Å². The van der Waals surface area contributed by atoms with Crippen molar-refractivity contribution in [1.82, 2.24) is 35.5 Å². The van der Waals surface area contributed by atoms with E-state index in [2.05, 4.69) is 37.8 Å². The number of hydrogen-bond donors (Lipinski definition) is 6. The van der Waals surface area contributed by atoms with Crippen LogP contribution in [0.5, 0.6) is 11.5 Å². The molecule has 22 heteroatoms. The number of nitrogens with one attached hydrogen (secondary N) is 3. The molecule has 4 aromatic rings. The van der Waals surface area contributed by atoms with Gasteiger partial charge < -0.3 is 51.3 Å². The lowest BCUT2D eigenvalue weighted by molar-refractivity contribution is -0.172. The highest BCUT2D eigenvalue weighted by Gasteiger charge is 2.46. The summed E-state index contributed by atoms with van der Waals surface area (Å²) < 4.78 is 41.3. The van der Waals surface area contributed by atoms with Crippen LogP contribution in [-0.2, 0) is 63.8 Å². The van der Waals surface area contributed by atoms with E-state index in [1.165, 1.54) is 17.0 Å². The number of fused-ring (bicyclic) bond motifs is 6. The number of carbonyl (C=O) groups excluding carboxylic acids is 5. The van der Waals surface area contributed by atoms with Gasteiger partial charge in [-0.15, -0.1) is 0 Å². The first-order valence-corrected chi connectivity index (χ1v) is 24.0. The number of primary amides is 1. The number of esters is 1. The first-order valence-electron chi connectivity index (χ1n) is 22.1. The highest BCUT2D eigenvalue weighted by atomic mass is 32.2. The van der Waals surface area contributed by atoms with Gasteiger partial charge in [-0.2, -0.15) is 0 Å². The van der Waals surface area contributed by atoms with Crippen molar-refractivity contribution in [2.45, 2.75) is 95.8 Å². The van der Waals surface area contributed by atoms with Gasteiger partial charge in [-0.05, 0) is 62.3 Å². The fourth-order valence-corrected chi connectivity index (χ4v) is 9.23. The molecule has 68 heavy (non-hydrogen) atoms. The number of cyclic esters (lactones) is 1. The molecule has 360 valence electrons. The van der Waals surface area contributed by atoms with Gasteiger partial charge in [0.25, 0.3) is 5.56 Å². The Labute approximate surface area is 391 Å². The molecule has 1 aromatic carbocycles. The molecule has 0 bridgehead atoms. The normalized spacial score (nSPS) is 16.9. The molecule has 0 spiro atoms. The van der Waals surface area contributed by atoms with E-state index in [0.29, 0.717) is 69.9 Å². The third-order valence-electron chi connectivity index (χ3n) is 12.4. The minimum Gasteiger partial charge on any atom is -0.458 e. The maximum Gasteiger partial charge on any atom is 0.343 e. The molecular weight excluding hydrogens is 903 g/mol. The molecule has 3 aliphatic heterocycles. The zero-order chi connectivity index (χ0) is 49.1. The zero-order valence-electron chi connectivity index (χ0n) is 38.0. The molecule has 7 rings (SSSR count). The van der Waals surface area contributed by atoms with Crippen molar-refractivity contribution in [3.05, 3.63) is 68.8 Å². The second kappa shape index (κ2) is 20.1. The summed E-state index contributed by atoms with van der Waals surface area (Å²) in [5.41, 5.74) is 12.2. The van der Waals surface area contributed by atoms with Crippen LogP contribution in [0.1, 0.15) is 87.1 Å². The first-order chi connectivity index (χ1) is 32.4. The van der Waals surface area contributed by atoms with Gasteiger partial charge in [0.2, 0.25) is 45.4 Å². The van der Waals surface area contributed by atoms with E-state index in [9.17, 15) is 42.3 Å². The highest BCUT2D eigenvalue weighted by molar-refractivity contribution is 7.90. The number of hydrogen-bond acceptors (Lipinski definition) is 16. The van der Waals surface area contributed by atoms with E-state index in [4.69, 9.17) is 30.7 Å². The summed E-state index contributed by atoms with van der Waals surface area (Å²) >= 11 is 0. The Morgan fingerprint density at radius 3 is 2.37 bits per heavy atom. The molecule has 6 heterocycles. The molecule has 0 radical (unpaired) electrons. The lowest BCUT2D eigenvalue weighted by atomic mass is 9.79. The smallest absolute Gasteiger partial charge is 0.343 e. The van der Waals surface area contributed by atoms with Crippen molar-refractivity contribution < 1.29 is 51.7 Å². The Morgan fingerprint density at radius 2 is 1.71 bits per heavy atom. The summed E-state index contributed by atoms with van der Waals surface area (Å²) in [6, 6.07) is 3.92. The monoisotopic (exact) mass is 955 g/mol. The maximum absolute atomic E-state index is 14.0. The fourth-order valence-electron chi connectivity index (χ4n) is 8.74. The Balaban J connectivity index is 1.05. The fraction of sp³-hybridized carbons (Fsp3) is 0.457. The van der Waals surface area contributed by atoms with Crippen LogP contribution >= 0.6 is 0 Å². The van der Waals surface area contributed by atoms with Crippen LogP contribution in [0, 0.1) is 29.6 Å². The molecule has 3 aromatic heterocycles. The highest BCUT2D eigenvalue weighted by Crippen LogP contribution is 2.43. The summed E-state index contributed by atoms with van der Waals surface area (Å²) in [7, 11) is -3.59. The molecule has 4 amide bonds. The quantitative estimate of drug-likeness (QED) is 0.0302. The van der Waals surface area contributed by atoms with Crippen molar-refractivity contribution in [1.29, 1.82) is 0 Å². The molecule has 8 N–H and O–H groups in total. The van der Waals surface area contributed by atoms with Crippen molar-refractivity contribution in [3.63, 3.8) is 0 Å². The summed E-state index contributed by atoms with van der Waals surface area (Å²) in [6.45, 7) is 4.65. The molecule has 3 aliphatic rings. The average molecular weight is 956 g/mol. The molecule has 21 nitrogen and oxygen atoms in total. The molecule has 0 fully saturated rings. The maximum atomic E-state index is 14.0. The number of unbranched alkanes of at least 4 members (excludes halogenated alkanes) is 1. The van der Waals surface area contributed by atoms with Gasteiger partial charge in [-0.25, -0.2) is 28.2 Å². The number of sulfone groups is 1. The van der Waals surface area contributed by atoms with E-state index < -0.39 is 80.9 Å². The second-order valence-corrected chi connectivity index (χ2v) is 19.1. The van der Waals surface area contributed by atoms with Crippen molar-refractivity contribution in [3.8, 4) is 34.7 Å². The SMILES string of the molecule is CC[C@@]1(O)C(=O)OCc2c1cc1n(c2=O)Cc2c-1nc1cc3c(cc1c2CNC(=O)CNC(=O)[C@H](CCCCN)NC(=O)[C@@H](C(C)C)C(CCC#Cc1cnc(S(C)(=O)=O)nc1)C(N)=O)OCO3. The number of carbonyl (C=O) groups is 5. The standard InChI is InChI=1S/C46H53N9O12S/c1-5-46(62)31-15-34-39-29(21-55(34)43(60)30(31)22-65-44(46)61)28(27-14-35-36(67-23-66-35)16-33(27)53-39)19-49-37(56)20-50-41(58)32(12-8-9-13-47)54-42(59)38(24(2)3)26(40(48)57)11-7-6-10-25-17-51-45(52-18-25)68(4,63)64/h14-18,24,26,32,38,62H,5,7-9,11-13,19-23,47H2,1-4H3,(H2,48,57)(H,49,56)(H,50,58)(H,54,59)/t26?,32-,38-,46-/m0/s1. The number of ether oxygens (including phenoxy) is 3. The number of aliphatic hydroxyl groups is 1. The number of nitrogens with two attached hydrogens (primary N) is 2. The predicted molar refractivity (Wildman–Crippen MR) is 243 cm³/mol. The summed E-state index contributed by atoms with van der Waals surface area (Å²) in [5, 5.41) is 19.9. The Bertz CT molecular complexity index is 2930. The van der Waals surface area contributed by atoms with Crippen molar-refractivity contribution >= 4 is 50.3 Å². The third-order valence-corrected chi connectivity index (χ3v) is 13.2. The molecule has 1 unspecified atom stereocenters. The van der Waals surface area contributed by atoms with Gasteiger partial charge in [-0.1, -0.05) is 32.6 Å². The molecule has 4 atom stereocenters. The van der Waals surface area contributed by atoms with Crippen LogP contribution in [0.4, 0.5) is 0 Å². The zero-order valence-corrected chi connectivity index (χ0v) is 38.8.